The molecule has 0 aromatic rings. The molecule has 0 bridgehead atoms. The molecule has 0 unspecified atom stereocenters. The van der Waals surface area contributed by atoms with E-state index in [-0.39, 0.29) is 23.6 Å². The normalized spacial score (nSPS) is 29.5. The molecule has 0 aromatic carbocycles. The molecule has 1 saturated heterocycles. The first kappa shape index (κ1) is 12.3. The summed E-state index contributed by atoms with van der Waals surface area (Å²) in [6.07, 6.45) is 3.09. The fourth-order valence-electron chi connectivity index (χ4n) is 2.82. The third-order valence-corrected chi connectivity index (χ3v) is 3.56. The highest BCUT2D eigenvalue weighted by Gasteiger charge is 2.38. The standard InChI is InChI=1S/C13H19NO3/c1-3-17-13(16)12-8-14(2)7-9-6-10(15)4-5-11(9)12/h6,11-12H,3-5,7-8H2,1-2H3/t11-,12-/m1/s1. The molecule has 0 spiro atoms. The van der Waals surface area contributed by atoms with Crippen LogP contribution in [-0.4, -0.2) is 43.4 Å². The molecule has 4 nitrogen and oxygen atoms in total. The van der Waals surface area contributed by atoms with Crippen LogP contribution in [0.25, 0.3) is 0 Å². The van der Waals surface area contributed by atoms with Crippen LogP contribution in [0.5, 0.6) is 0 Å². The molecule has 0 radical (unpaired) electrons. The number of nitrogens with zero attached hydrogens (tertiary/aromatic N) is 1. The zero-order chi connectivity index (χ0) is 12.4. The van der Waals surface area contributed by atoms with Crippen molar-refractivity contribution < 1.29 is 14.3 Å². The second-order valence-corrected chi connectivity index (χ2v) is 4.89. The number of allylic oxidation sites excluding steroid dienone is 1. The highest BCUT2D eigenvalue weighted by molar-refractivity contribution is 5.91. The Hall–Kier alpha value is -1.16. The molecule has 0 aromatic heterocycles. The third kappa shape index (κ3) is 2.57. The van der Waals surface area contributed by atoms with E-state index >= 15 is 0 Å². The fourth-order valence-corrected chi connectivity index (χ4v) is 2.82. The van der Waals surface area contributed by atoms with Gasteiger partial charge in [0.1, 0.15) is 0 Å². The molecule has 0 amide bonds. The van der Waals surface area contributed by atoms with E-state index in [2.05, 4.69) is 4.90 Å². The van der Waals surface area contributed by atoms with Gasteiger partial charge in [0.25, 0.3) is 0 Å². The molecular weight excluding hydrogens is 218 g/mol. The van der Waals surface area contributed by atoms with Gasteiger partial charge in [-0.3, -0.25) is 9.59 Å². The first-order valence-electron chi connectivity index (χ1n) is 6.20. The van der Waals surface area contributed by atoms with Crippen molar-refractivity contribution in [1.82, 2.24) is 4.90 Å². The van der Waals surface area contributed by atoms with Crippen molar-refractivity contribution in [2.24, 2.45) is 11.8 Å². The van der Waals surface area contributed by atoms with E-state index in [1.54, 1.807) is 6.08 Å². The Balaban J connectivity index is 2.19. The van der Waals surface area contributed by atoms with Gasteiger partial charge in [0, 0.05) is 19.5 Å². The number of likely N-dealkylation sites (N-methyl/N-ethyl adjacent to an activating group) is 1. The smallest absolute Gasteiger partial charge is 0.310 e. The molecule has 2 aliphatic rings. The zero-order valence-corrected chi connectivity index (χ0v) is 10.4. The van der Waals surface area contributed by atoms with Gasteiger partial charge in [-0.15, -0.1) is 0 Å². The van der Waals surface area contributed by atoms with Crippen molar-refractivity contribution in [2.75, 3.05) is 26.7 Å². The summed E-state index contributed by atoms with van der Waals surface area (Å²) in [5.41, 5.74) is 1.10. The van der Waals surface area contributed by atoms with Crippen LogP contribution < -0.4 is 0 Å². The maximum absolute atomic E-state index is 11.9. The van der Waals surface area contributed by atoms with E-state index in [1.807, 2.05) is 14.0 Å². The molecule has 4 heteroatoms. The van der Waals surface area contributed by atoms with Crippen LogP contribution in [0.3, 0.4) is 0 Å². The molecular formula is C13H19NO3. The lowest BCUT2D eigenvalue weighted by atomic mass is 9.75. The minimum atomic E-state index is -0.121. The van der Waals surface area contributed by atoms with Crippen molar-refractivity contribution in [2.45, 2.75) is 19.8 Å². The predicted molar refractivity (Wildman–Crippen MR) is 63.4 cm³/mol. The number of rotatable bonds is 2. The second kappa shape index (κ2) is 5.00. The largest absolute Gasteiger partial charge is 0.466 e. The SMILES string of the molecule is CCOC(=O)[C@@H]1CN(C)CC2=CC(=O)CC[C@H]21. The van der Waals surface area contributed by atoms with Crippen molar-refractivity contribution in [1.29, 1.82) is 0 Å². The van der Waals surface area contributed by atoms with Crippen molar-refractivity contribution in [3.8, 4) is 0 Å². The molecule has 17 heavy (non-hydrogen) atoms. The maximum Gasteiger partial charge on any atom is 0.310 e. The maximum atomic E-state index is 11.9. The molecule has 1 fully saturated rings. The van der Waals surface area contributed by atoms with Crippen molar-refractivity contribution in [3.63, 3.8) is 0 Å². The summed E-state index contributed by atoms with van der Waals surface area (Å²) in [5.74, 6) is 0.175. The molecule has 1 aliphatic heterocycles. The number of piperidine rings is 1. The van der Waals surface area contributed by atoms with E-state index in [0.29, 0.717) is 13.0 Å². The highest BCUT2D eigenvalue weighted by Crippen LogP contribution is 2.35. The Morgan fingerprint density at radius 3 is 3.06 bits per heavy atom. The van der Waals surface area contributed by atoms with Gasteiger partial charge in [0.2, 0.25) is 0 Å². The monoisotopic (exact) mass is 237 g/mol. The Morgan fingerprint density at radius 1 is 1.59 bits per heavy atom. The Bertz CT molecular complexity index is 362. The van der Waals surface area contributed by atoms with Crippen molar-refractivity contribution >= 4 is 11.8 Å². The van der Waals surface area contributed by atoms with E-state index < -0.39 is 0 Å². The fraction of sp³-hybridized carbons (Fsp3) is 0.692. The summed E-state index contributed by atoms with van der Waals surface area (Å²) >= 11 is 0. The Labute approximate surface area is 102 Å². The molecule has 0 N–H and O–H groups in total. The van der Waals surface area contributed by atoms with Crippen LogP contribution in [0.4, 0.5) is 0 Å². The van der Waals surface area contributed by atoms with Crippen molar-refractivity contribution in [3.05, 3.63) is 11.6 Å². The molecule has 2 atom stereocenters. The van der Waals surface area contributed by atoms with E-state index in [9.17, 15) is 9.59 Å². The van der Waals surface area contributed by atoms with Crippen LogP contribution in [0.1, 0.15) is 19.8 Å². The average molecular weight is 237 g/mol. The summed E-state index contributed by atoms with van der Waals surface area (Å²) in [6.45, 7) is 3.77. The van der Waals surface area contributed by atoms with Gasteiger partial charge >= 0.3 is 5.97 Å². The number of carbonyl (C=O) groups is 2. The van der Waals surface area contributed by atoms with Gasteiger partial charge in [-0.1, -0.05) is 0 Å². The van der Waals surface area contributed by atoms with Crippen LogP contribution in [0.2, 0.25) is 0 Å². The molecule has 94 valence electrons. The number of likely N-dealkylation sites (tertiary alicyclic amines) is 1. The van der Waals surface area contributed by atoms with Gasteiger partial charge in [-0.25, -0.2) is 0 Å². The van der Waals surface area contributed by atoms with Gasteiger partial charge in [0.05, 0.1) is 12.5 Å². The lowest BCUT2D eigenvalue weighted by Crippen LogP contribution is -2.45. The summed E-state index contributed by atoms with van der Waals surface area (Å²) in [5, 5.41) is 0. The number of ether oxygens (including phenoxy) is 1. The number of fused-ring (bicyclic) bond motifs is 1. The molecule has 2 rings (SSSR count). The number of hydrogen-bond acceptors (Lipinski definition) is 4. The second-order valence-electron chi connectivity index (χ2n) is 4.89. The number of ketones is 1. The first-order valence-corrected chi connectivity index (χ1v) is 6.20. The lowest BCUT2D eigenvalue weighted by molar-refractivity contribution is -0.151. The van der Waals surface area contributed by atoms with E-state index in [1.165, 1.54) is 0 Å². The summed E-state index contributed by atoms with van der Waals surface area (Å²) in [4.78, 5) is 25.4. The first-order chi connectivity index (χ1) is 8.11. The average Bonchev–Trinajstić information content (AvgIpc) is 2.27. The summed E-state index contributed by atoms with van der Waals surface area (Å²) in [6, 6.07) is 0. The van der Waals surface area contributed by atoms with Crippen LogP contribution in [0.15, 0.2) is 11.6 Å². The summed E-state index contributed by atoms with van der Waals surface area (Å²) in [7, 11) is 1.97. The lowest BCUT2D eigenvalue weighted by Gasteiger charge is -2.39. The van der Waals surface area contributed by atoms with Gasteiger partial charge < -0.3 is 9.64 Å². The Morgan fingerprint density at radius 2 is 2.35 bits per heavy atom. The minimum absolute atomic E-state index is 0.104. The van der Waals surface area contributed by atoms with Gasteiger partial charge in [0.15, 0.2) is 5.78 Å². The third-order valence-electron chi connectivity index (χ3n) is 3.56. The van der Waals surface area contributed by atoms with Gasteiger partial charge in [-0.2, -0.15) is 0 Å². The predicted octanol–water partition coefficient (Wildman–Crippen LogP) is 1.02. The number of carbonyl (C=O) groups excluding carboxylic acids is 2. The summed E-state index contributed by atoms with van der Waals surface area (Å²) < 4.78 is 5.13. The number of esters is 1. The Kier molecular flexibility index (Phi) is 3.62. The molecule has 0 saturated carbocycles. The van der Waals surface area contributed by atoms with E-state index in [4.69, 9.17) is 4.74 Å². The van der Waals surface area contributed by atoms with E-state index in [0.717, 1.165) is 25.1 Å². The van der Waals surface area contributed by atoms with Crippen LogP contribution in [0, 0.1) is 11.8 Å². The minimum Gasteiger partial charge on any atom is -0.466 e. The topological polar surface area (TPSA) is 46.6 Å². The number of hydrogen-bond donors (Lipinski definition) is 0. The molecule has 1 aliphatic carbocycles. The van der Waals surface area contributed by atoms with Crippen LogP contribution in [-0.2, 0) is 14.3 Å². The van der Waals surface area contributed by atoms with Crippen LogP contribution >= 0.6 is 0 Å². The van der Waals surface area contributed by atoms with Gasteiger partial charge in [-0.05, 0) is 38.0 Å². The molecule has 1 heterocycles. The zero-order valence-electron chi connectivity index (χ0n) is 10.4. The highest BCUT2D eigenvalue weighted by atomic mass is 16.5. The quantitative estimate of drug-likeness (QED) is 0.673.